The van der Waals surface area contributed by atoms with Crippen molar-refractivity contribution in [1.29, 1.82) is 5.41 Å². The number of rotatable bonds is 9. The molecule has 2 aliphatic rings. The van der Waals surface area contributed by atoms with Gasteiger partial charge in [-0.05, 0) is 42.5 Å². The fourth-order valence-corrected chi connectivity index (χ4v) is 5.73. The fraction of sp³-hybridized carbons (Fsp3) is 0.286. The van der Waals surface area contributed by atoms with Crippen LogP contribution in [0.1, 0.15) is 58.6 Å². The number of hydrogen-bond acceptors (Lipinski definition) is 7. The van der Waals surface area contributed by atoms with Crippen LogP contribution >= 0.6 is 0 Å². The van der Waals surface area contributed by atoms with E-state index in [-0.39, 0.29) is 41.0 Å². The first-order chi connectivity index (χ1) is 20.5. The number of hydrogen-bond donors (Lipinski definition) is 3. The maximum Gasteiger partial charge on any atom is 0.293 e. The molecule has 0 spiro atoms. The van der Waals surface area contributed by atoms with Gasteiger partial charge in [0.15, 0.2) is 0 Å². The molecule has 1 saturated carbocycles. The van der Waals surface area contributed by atoms with E-state index in [4.69, 9.17) is 11.1 Å². The summed E-state index contributed by atoms with van der Waals surface area (Å²) in [6, 6.07) is 3.21. The highest BCUT2D eigenvalue weighted by atomic mass is 19.3. The van der Waals surface area contributed by atoms with Gasteiger partial charge in [0, 0.05) is 52.8 Å². The first kappa shape index (κ1) is 28.3. The van der Waals surface area contributed by atoms with Gasteiger partial charge in [0.2, 0.25) is 5.91 Å². The first-order valence-corrected chi connectivity index (χ1v) is 13.1. The second kappa shape index (κ2) is 10.5. The van der Waals surface area contributed by atoms with Crippen molar-refractivity contribution in [2.24, 2.45) is 5.92 Å². The molecule has 3 atom stereocenters. The molecule has 1 amide bonds. The maximum atomic E-state index is 15.0. The highest BCUT2D eigenvalue weighted by Crippen LogP contribution is 2.68. The summed E-state index contributed by atoms with van der Waals surface area (Å²) in [5.74, 6) is -7.79. The van der Waals surface area contributed by atoms with E-state index in [0.717, 1.165) is 18.3 Å². The number of carbonyl (C=O) groups is 1. The highest BCUT2D eigenvalue weighted by molar-refractivity contribution is 5.86. The Balaban J connectivity index is 1.37. The van der Waals surface area contributed by atoms with E-state index in [9.17, 15) is 22.4 Å². The van der Waals surface area contributed by atoms with Gasteiger partial charge >= 0.3 is 0 Å². The molecule has 2 aliphatic carbocycles. The number of nitrogens with two attached hydrogens (primary N) is 1. The van der Waals surface area contributed by atoms with Crippen LogP contribution in [0.4, 0.5) is 32.2 Å². The van der Waals surface area contributed by atoms with E-state index in [1.807, 2.05) is 0 Å². The molecule has 0 bridgehead atoms. The zero-order valence-electron chi connectivity index (χ0n) is 22.0. The number of aromatic nitrogens is 5. The zero-order valence-corrected chi connectivity index (χ0v) is 22.0. The summed E-state index contributed by atoms with van der Waals surface area (Å²) >= 11 is 0. The van der Waals surface area contributed by atoms with Gasteiger partial charge in [0.05, 0.1) is 11.7 Å². The van der Waals surface area contributed by atoms with Crippen LogP contribution in [0, 0.1) is 23.0 Å². The van der Waals surface area contributed by atoms with Crippen molar-refractivity contribution in [2.45, 2.75) is 43.7 Å². The minimum atomic E-state index is -3.42. The van der Waals surface area contributed by atoms with E-state index >= 15 is 8.78 Å². The summed E-state index contributed by atoms with van der Waals surface area (Å²) in [7, 11) is 0. The molecule has 1 fully saturated rings. The van der Waals surface area contributed by atoms with Crippen LogP contribution < -0.4 is 11.1 Å². The number of anilines is 1. The Bertz CT molecular complexity index is 1740. The molecule has 43 heavy (non-hydrogen) atoms. The average molecular weight is 601 g/mol. The lowest BCUT2D eigenvalue weighted by Gasteiger charge is -2.22. The van der Waals surface area contributed by atoms with Crippen LogP contribution in [0.3, 0.4) is 0 Å². The lowest BCUT2D eigenvalue weighted by Crippen LogP contribution is -2.35. The number of nitrogens with one attached hydrogen (secondary N) is 2. The van der Waals surface area contributed by atoms with Gasteiger partial charge < -0.3 is 16.5 Å². The largest absolute Gasteiger partial charge is 0.383 e. The number of benzene rings is 1. The van der Waals surface area contributed by atoms with Crippen molar-refractivity contribution >= 4 is 17.9 Å². The summed E-state index contributed by atoms with van der Waals surface area (Å²) in [4.78, 5) is 25.7. The molecule has 0 saturated heterocycles. The lowest BCUT2D eigenvalue weighted by atomic mass is 9.96. The first-order valence-electron chi connectivity index (χ1n) is 13.1. The quantitative estimate of drug-likeness (QED) is 0.186. The Morgan fingerprint density at radius 3 is 2.58 bits per heavy atom. The molecule has 222 valence electrons. The molecular weight excluding hydrogens is 578 g/mol. The Kier molecular flexibility index (Phi) is 6.89. The molecule has 4 N–H and O–H groups in total. The summed E-state index contributed by atoms with van der Waals surface area (Å²) in [6.07, 6.45) is 1.71. The third-order valence-electron chi connectivity index (χ3n) is 7.65. The van der Waals surface area contributed by atoms with Crippen LogP contribution in [-0.4, -0.2) is 36.9 Å². The van der Waals surface area contributed by atoms with Crippen molar-refractivity contribution in [1.82, 2.24) is 30.0 Å². The number of pyridine rings is 1. The van der Waals surface area contributed by atoms with Crippen LogP contribution in [0.25, 0.3) is 11.1 Å². The number of fused-ring (bicyclic) bond motifs is 3. The number of halogens is 6. The minimum absolute atomic E-state index is 0.0695. The number of nitrogens with zero attached hydrogens (tertiary/aromatic N) is 5. The molecule has 2 unspecified atom stereocenters. The van der Waals surface area contributed by atoms with Gasteiger partial charge in [-0.3, -0.25) is 9.48 Å². The second-order valence-corrected chi connectivity index (χ2v) is 10.4. The van der Waals surface area contributed by atoms with Crippen molar-refractivity contribution in [3.8, 4) is 11.1 Å². The average Bonchev–Trinajstić information content (AvgIpc) is 3.61. The summed E-state index contributed by atoms with van der Waals surface area (Å²) in [5.41, 5.74) is 5.44. The third kappa shape index (κ3) is 5.08. The van der Waals surface area contributed by atoms with Gasteiger partial charge in [-0.1, -0.05) is 0 Å². The summed E-state index contributed by atoms with van der Waals surface area (Å²) in [5, 5.41) is 13.9. The van der Waals surface area contributed by atoms with Crippen molar-refractivity contribution < 1.29 is 31.1 Å². The predicted octanol–water partition coefficient (Wildman–Crippen LogP) is 4.84. The Morgan fingerprint density at radius 2 is 1.88 bits per heavy atom. The Labute approximate surface area is 239 Å². The smallest absolute Gasteiger partial charge is 0.293 e. The number of carbonyl (C=O) groups excluding carboxylic acids is 1. The van der Waals surface area contributed by atoms with E-state index in [1.165, 1.54) is 24.8 Å². The second-order valence-electron chi connectivity index (χ2n) is 10.4. The fourth-order valence-electron chi connectivity index (χ4n) is 5.73. The minimum Gasteiger partial charge on any atom is -0.383 e. The van der Waals surface area contributed by atoms with Gasteiger partial charge in [-0.15, -0.1) is 0 Å². The number of nitrogen functional groups attached to an aromatic ring is 1. The van der Waals surface area contributed by atoms with Gasteiger partial charge in [-0.25, -0.2) is 32.5 Å². The van der Waals surface area contributed by atoms with Crippen LogP contribution in [0.5, 0.6) is 0 Å². The van der Waals surface area contributed by atoms with Crippen molar-refractivity contribution in [2.75, 3.05) is 5.73 Å². The van der Waals surface area contributed by atoms with E-state index in [0.29, 0.717) is 21.9 Å². The molecule has 4 aromatic rings. The summed E-state index contributed by atoms with van der Waals surface area (Å²) in [6.45, 7) is -0.820. The highest BCUT2D eigenvalue weighted by Gasteiger charge is 2.67. The molecule has 0 radical (unpaired) electrons. The maximum absolute atomic E-state index is 15.0. The molecule has 3 heterocycles. The standard InChI is InChI=1S/C28H22F6N8O/c29-15-1-12(2-16(30)5-15)3-20(23-18(9-37-11-39-23)14-4-13(7-35)27(36)38-8-14)40-21(43)10-42-25-22(24(41-42)26(31)32)17-6-19(17)28(25,33)34/h1-2,4-5,7-9,11,17,19-20,26,35H,3,6,10H2,(H2,36,38)(H,40,43)/t17?,19?,20-/m0/s1. The van der Waals surface area contributed by atoms with Gasteiger partial charge in [-0.2, -0.15) is 13.9 Å². The lowest BCUT2D eigenvalue weighted by molar-refractivity contribution is -0.123. The van der Waals surface area contributed by atoms with E-state index < -0.39 is 65.7 Å². The van der Waals surface area contributed by atoms with Crippen molar-refractivity contribution in [3.05, 3.63) is 88.4 Å². The van der Waals surface area contributed by atoms with Gasteiger partial charge in [0.25, 0.3) is 12.3 Å². The zero-order chi connectivity index (χ0) is 30.6. The van der Waals surface area contributed by atoms with E-state index in [1.54, 1.807) is 0 Å². The third-order valence-corrected chi connectivity index (χ3v) is 7.65. The molecular formula is C28H22F6N8O. The van der Waals surface area contributed by atoms with Crippen LogP contribution in [-0.2, 0) is 23.7 Å². The van der Waals surface area contributed by atoms with E-state index in [2.05, 4.69) is 25.4 Å². The normalized spacial score (nSPS) is 18.7. The molecule has 6 rings (SSSR count). The number of amides is 1. The molecule has 1 aromatic carbocycles. The monoisotopic (exact) mass is 600 g/mol. The Morgan fingerprint density at radius 1 is 1.14 bits per heavy atom. The van der Waals surface area contributed by atoms with Crippen molar-refractivity contribution in [3.63, 3.8) is 0 Å². The topological polar surface area (TPSA) is 135 Å². The SMILES string of the molecule is N=Cc1cc(-c2cncnc2[C@H](Cc2cc(F)cc(F)c2)NC(=O)Cn2nc(C(F)F)c3c2C(F)(F)C2CC32)cnc1N. The van der Waals surface area contributed by atoms with Crippen LogP contribution in [0.2, 0.25) is 0 Å². The molecule has 15 heteroatoms. The number of alkyl halides is 4. The molecule has 9 nitrogen and oxygen atoms in total. The van der Waals surface area contributed by atoms with Crippen LogP contribution in [0.15, 0.2) is 43.0 Å². The molecule has 3 aromatic heterocycles. The Hall–Kier alpha value is -4.82. The predicted molar refractivity (Wildman–Crippen MR) is 140 cm³/mol. The van der Waals surface area contributed by atoms with Gasteiger partial charge in [0.1, 0.15) is 41.7 Å². The summed E-state index contributed by atoms with van der Waals surface area (Å²) < 4.78 is 86.2. The molecule has 0 aliphatic heterocycles.